The lowest BCUT2D eigenvalue weighted by molar-refractivity contribution is 0.586. The van der Waals surface area contributed by atoms with E-state index in [2.05, 4.69) is 34.9 Å². The Morgan fingerprint density at radius 1 is 0.973 bits per heavy atom. The SMILES string of the molecule is CS(=O)(=O)NCc1cc(F)cc(-c2cccc3[nH]c(-c4[nH]nc5ncc(-c6cnccn6)cc45)cc23)c1. The molecule has 0 atom stereocenters. The lowest BCUT2D eigenvalue weighted by Crippen LogP contribution is -2.21. The van der Waals surface area contributed by atoms with Crippen molar-refractivity contribution in [2.24, 2.45) is 0 Å². The van der Waals surface area contributed by atoms with Gasteiger partial charge >= 0.3 is 0 Å². The molecule has 0 aliphatic rings. The maximum atomic E-state index is 14.5. The van der Waals surface area contributed by atoms with Crippen molar-refractivity contribution in [3.05, 3.63) is 84.7 Å². The van der Waals surface area contributed by atoms with Crippen molar-refractivity contribution in [3.8, 4) is 33.8 Å². The van der Waals surface area contributed by atoms with E-state index in [9.17, 15) is 12.8 Å². The van der Waals surface area contributed by atoms with Crippen LogP contribution in [0.1, 0.15) is 5.56 Å². The minimum Gasteiger partial charge on any atom is -0.353 e. The second kappa shape index (κ2) is 8.87. The Kier molecular flexibility index (Phi) is 5.50. The standard InChI is InChI=1S/C26H20FN7O2S/c1-37(35,36)31-12-15-7-16(9-18(27)8-15)19-3-2-4-22-20(19)11-23(32-22)25-21-10-17(13-30-26(21)34-33-25)24-14-28-5-6-29-24/h2-11,13-14,31-32H,12H2,1H3,(H,30,33,34). The van der Waals surface area contributed by atoms with Crippen LogP contribution in [0, 0.1) is 5.82 Å². The van der Waals surface area contributed by atoms with Crippen LogP contribution >= 0.6 is 0 Å². The average molecular weight is 514 g/mol. The van der Waals surface area contributed by atoms with Crippen molar-refractivity contribution >= 4 is 32.0 Å². The number of nitrogens with one attached hydrogen (secondary N) is 3. The van der Waals surface area contributed by atoms with Gasteiger partial charge in [-0.1, -0.05) is 12.1 Å². The lowest BCUT2D eigenvalue weighted by atomic mass is 9.99. The number of aromatic amines is 2. The number of fused-ring (bicyclic) bond motifs is 2. The largest absolute Gasteiger partial charge is 0.353 e. The zero-order valence-electron chi connectivity index (χ0n) is 19.5. The highest BCUT2D eigenvalue weighted by Gasteiger charge is 2.16. The van der Waals surface area contributed by atoms with E-state index in [4.69, 9.17) is 0 Å². The fraction of sp³-hybridized carbons (Fsp3) is 0.0769. The molecule has 0 saturated heterocycles. The molecule has 184 valence electrons. The molecule has 0 unspecified atom stereocenters. The maximum absolute atomic E-state index is 14.5. The molecule has 6 aromatic rings. The van der Waals surface area contributed by atoms with Crippen LogP contribution in [-0.2, 0) is 16.6 Å². The molecule has 4 aromatic heterocycles. The van der Waals surface area contributed by atoms with Gasteiger partial charge in [-0.05, 0) is 53.1 Å². The molecule has 0 amide bonds. The van der Waals surface area contributed by atoms with Crippen LogP contribution in [0.3, 0.4) is 0 Å². The van der Waals surface area contributed by atoms with E-state index in [1.165, 1.54) is 12.1 Å². The van der Waals surface area contributed by atoms with Crippen LogP contribution in [0.5, 0.6) is 0 Å². The number of H-pyrrole nitrogens is 2. The van der Waals surface area contributed by atoms with Gasteiger partial charge in [-0.25, -0.2) is 22.5 Å². The third kappa shape index (κ3) is 4.57. The van der Waals surface area contributed by atoms with Crippen LogP contribution in [0.15, 0.2) is 73.3 Å². The number of benzene rings is 2. The lowest BCUT2D eigenvalue weighted by Gasteiger charge is -2.08. The number of hydrogen-bond donors (Lipinski definition) is 3. The predicted molar refractivity (Wildman–Crippen MR) is 139 cm³/mol. The van der Waals surface area contributed by atoms with Crippen LogP contribution in [0.4, 0.5) is 4.39 Å². The number of rotatable bonds is 6. The normalized spacial score (nSPS) is 11.9. The summed E-state index contributed by atoms with van der Waals surface area (Å²) in [4.78, 5) is 16.4. The van der Waals surface area contributed by atoms with E-state index in [1.54, 1.807) is 30.9 Å². The van der Waals surface area contributed by atoms with Crippen molar-refractivity contribution in [2.75, 3.05) is 6.26 Å². The zero-order chi connectivity index (χ0) is 25.6. The number of pyridine rings is 1. The number of aromatic nitrogens is 6. The number of halogens is 1. The average Bonchev–Trinajstić information content (AvgIpc) is 3.51. The van der Waals surface area contributed by atoms with Crippen LogP contribution in [-0.4, -0.2) is 44.8 Å². The molecule has 3 N–H and O–H groups in total. The molecular weight excluding hydrogens is 493 g/mol. The molecule has 0 bridgehead atoms. The molecule has 11 heteroatoms. The summed E-state index contributed by atoms with van der Waals surface area (Å²) in [6, 6.07) is 14.2. The molecule has 0 saturated carbocycles. The molecule has 0 aliphatic heterocycles. The fourth-order valence-corrected chi connectivity index (χ4v) is 4.79. The summed E-state index contributed by atoms with van der Waals surface area (Å²) < 4.78 is 39.9. The monoisotopic (exact) mass is 513 g/mol. The Balaban J connectivity index is 1.44. The Morgan fingerprint density at radius 2 is 1.86 bits per heavy atom. The first-order valence-corrected chi connectivity index (χ1v) is 13.2. The molecule has 37 heavy (non-hydrogen) atoms. The Hall–Kier alpha value is -4.48. The van der Waals surface area contributed by atoms with E-state index in [0.717, 1.165) is 45.1 Å². The van der Waals surface area contributed by atoms with Gasteiger partial charge in [-0.3, -0.25) is 15.1 Å². The van der Waals surface area contributed by atoms with Crippen molar-refractivity contribution in [1.29, 1.82) is 0 Å². The minimum atomic E-state index is -3.41. The topological polar surface area (TPSA) is 129 Å². The molecule has 9 nitrogen and oxygen atoms in total. The van der Waals surface area contributed by atoms with Gasteiger partial charge in [-0.2, -0.15) is 5.10 Å². The molecule has 0 aliphatic carbocycles. The van der Waals surface area contributed by atoms with Crippen molar-refractivity contribution in [3.63, 3.8) is 0 Å². The number of sulfonamides is 1. The third-order valence-electron chi connectivity index (χ3n) is 6.01. The quantitative estimate of drug-likeness (QED) is 0.302. The highest BCUT2D eigenvalue weighted by Crippen LogP contribution is 2.35. The summed E-state index contributed by atoms with van der Waals surface area (Å²) in [6.45, 7) is -0.000778. The van der Waals surface area contributed by atoms with Gasteiger partial charge in [0.25, 0.3) is 0 Å². The van der Waals surface area contributed by atoms with Gasteiger partial charge in [-0.15, -0.1) is 0 Å². The molecule has 4 heterocycles. The predicted octanol–water partition coefficient (Wildman–Crippen LogP) is 4.42. The van der Waals surface area contributed by atoms with Gasteiger partial charge in [0.05, 0.1) is 29.5 Å². The summed E-state index contributed by atoms with van der Waals surface area (Å²) in [5, 5.41) is 9.12. The summed E-state index contributed by atoms with van der Waals surface area (Å²) in [7, 11) is -3.41. The van der Waals surface area contributed by atoms with Crippen molar-refractivity contribution < 1.29 is 12.8 Å². The summed E-state index contributed by atoms with van der Waals surface area (Å²) in [6.07, 6.45) is 7.70. The second-order valence-corrected chi connectivity index (χ2v) is 10.5. The second-order valence-electron chi connectivity index (χ2n) is 8.68. The van der Waals surface area contributed by atoms with Crippen LogP contribution in [0.25, 0.3) is 55.7 Å². The third-order valence-corrected chi connectivity index (χ3v) is 6.68. The summed E-state index contributed by atoms with van der Waals surface area (Å²) in [5.41, 5.74) is 6.46. The molecular formula is C26H20FN7O2S. The minimum absolute atomic E-state index is 0.000778. The van der Waals surface area contributed by atoms with E-state index >= 15 is 0 Å². The first kappa shape index (κ1) is 23.0. The number of hydrogen-bond acceptors (Lipinski definition) is 6. The van der Waals surface area contributed by atoms with Gasteiger partial charge in [0.2, 0.25) is 10.0 Å². The van der Waals surface area contributed by atoms with Crippen molar-refractivity contribution in [2.45, 2.75) is 6.54 Å². The summed E-state index contributed by atoms with van der Waals surface area (Å²) >= 11 is 0. The molecule has 2 aromatic carbocycles. The summed E-state index contributed by atoms with van der Waals surface area (Å²) in [5.74, 6) is -0.447. The van der Waals surface area contributed by atoms with Gasteiger partial charge in [0.1, 0.15) is 5.82 Å². The number of nitrogens with zero attached hydrogens (tertiary/aromatic N) is 4. The van der Waals surface area contributed by atoms with E-state index in [-0.39, 0.29) is 6.54 Å². The molecule has 0 spiro atoms. The van der Waals surface area contributed by atoms with E-state index in [1.807, 2.05) is 30.3 Å². The van der Waals surface area contributed by atoms with Gasteiger partial charge < -0.3 is 4.98 Å². The zero-order valence-corrected chi connectivity index (χ0v) is 20.3. The van der Waals surface area contributed by atoms with E-state index < -0.39 is 15.8 Å². The fourth-order valence-electron chi connectivity index (χ4n) is 4.36. The Morgan fingerprint density at radius 3 is 2.68 bits per heavy atom. The Bertz CT molecular complexity index is 1880. The first-order valence-electron chi connectivity index (χ1n) is 11.3. The smallest absolute Gasteiger partial charge is 0.209 e. The maximum Gasteiger partial charge on any atom is 0.209 e. The van der Waals surface area contributed by atoms with Crippen LogP contribution in [0.2, 0.25) is 0 Å². The van der Waals surface area contributed by atoms with Crippen molar-refractivity contribution in [1.82, 2.24) is 34.9 Å². The van der Waals surface area contributed by atoms with E-state index in [0.29, 0.717) is 22.5 Å². The Labute approximate surface area is 210 Å². The highest BCUT2D eigenvalue weighted by molar-refractivity contribution is 7.88. The molecule has 0 fully saturated rings. The highest BCUT2D eigenvalue weighted by atomic mass is 32.2. The van der Waals surface area contributed by atoms with Crippen LogP contribution < -0.4 is 4.72 Å². The molecule has 0 radical (unpaired) electrons. The first-order chi connectivity index (χ1) is 17.8. The van der Waals surface area contributed by atoms with Gasteiger partial charge in [0.15, 0.2) is 5.65 Å². The van der Waals surface area contributed by atoms with Gasteiger partial charge in [0, 0.05) is 47.0 Å². The molecule has 6 rings (SSSR count).